The van der Waals surface area contributed by atoms with Gasteiger partial charge in [-0.2, -0.15) is 0 Å². The molecule has 0 bridgehead atoms. The molecule has 0 aromatic heterocycles. The number of halogens is 1. The van der Waals surface area contributed by atoms with Crippen LogP contribution in [0.2, 0.25) is 5.02 Å². The minimum atomic E-state index is 0.368. The van der Waals surface area contributed by atoms with Crippen LogP contribution in [0.15, 0.2) is 48.5 Å². The Kier molecular flexibility index (Phi) is 6.09. The predicted octanol–water partition coefficient (Wildman–Crippen LogP) is 4.63. The third-order valence-electron chi connectivity index (χ3n) is 3.62. The van der Waals surface area contributed by atoms with Crippen LogP contribution >= 0.6 is 11.6 Å². The molecule has 0 aliphatic rings. The van der Waals surface area contributed by atoms with Gasteiger partial charge in [0.2, 0.25) is 0 Å². The van der Waals surface area contributed by atoms with Gasteiger partial charge in [-0.3, -0.25) is 0 Å². The van der Waals surface area contributed by atoms with Crippen LogP contribution in [0.5, 0.6) is 5.75 Å². The second-order valence-corrected chi connectivity index (χ2v) is 5.50. The van der Waals surface area contributed by atoms with Crippen molar-refractivity contribution in [3.8, 4) is 5.75 Å². The van der Waals surface area contributed by atoms with E-state index in [1.54, 1.807) is 7.11 Å². The third kappa shape index (κ3) is 4.76. The average molecular weight is 304 g/mol. The van der Waals surface area contributed by atoms with Gasteiger partial charge in [-0.15, -0.1) is 0 Å². The summed E-state index contributed by atoms with van der Waals surface area (Å²) in [7, 11) is 1.70. The van der Waals surface area contributed by atoms with Crippen LogP contribution in [0.1, 0.15) is 30.5 Å². The Labute approximate surface area is 132 Å². The van der Waals surface area contributed by atoms with E-state index in [0.717, 1.165) is 30.2 Å². The van der Waals surface area contributed by atoms with E-state index in [0.29, 0.717) is 6.04 Å². The monoisotopic (exact) mass is 303 g/mol. The second-order valence-electron chi connectivity index (χ2n) is 5.07. The summed E-state index contributed by atoms with van der Waals surface area (Å²) in [5.74, 6) is 0.914. The molecule has 112 valence electrons. The first-order valence-corrected chi connectivity index (χ1v) is 7.72. The van der Waals surface area contributed by atoms with Crippen LogP contribution in [0.25, 0.3) is 0 Å². The molecule has 1 unspecified atom stereocenters. The van der Waals surface area contributed by atoms with Crippen LogP contribution in [0.3, 0.4) is 0 Å². The van der Waals surface area contributed by atoms with Crippen molar-refractivity contribution >= 4 is 11.6 Å². The number of nitrogens with one attached hydrogen (secondary N) is 1. The maximum Gasteiger partial charge on any atom is 0.119 e. The fourth-order valence-electron chi connectivity index (χ4n) is 2.41. The molecule has 2 aromatic carbocycles. The molecule has 0 saturated heterocycles. The highest BCUT2D eigenvalue weighted by Crippen LogP contribution is 2.19. The second kappa shape index (κ2) is 8.06. The molecule has 0 spiro atoms. The van der Waals surface area contributed by atoms with Gasteiger partial charge >= 0.3 is 0 Å². The Hall–Kier alpha value is -1.51. The number of hydrogen-bond acceptors (Lipinski definition) is 2. The number of benzene rings is 2. The van der Waals surface area contributed by atoms with Crippen molar-refractivity contribution in [1.29, 1.82) is 0 Å². The zero-order valence-corrected chi connectivity index (χ0v) is 13.4. The fourth-order valence-corrected chi connectivity index (χ4v) is 2.54. The molecule has 0 radical (unpaired) electrons. The third-order valence-corrected chi connectivity index (χ3v) is 3.87. The van der Waals surface area contributed by atoms with E-state index >= 15 is 0 Å². The van der Waals surface area contributed by atoms with E-state index in [9.17, 15) is 0 Å². The van der Waals surface area contributed by atoms with E-state index in [1.807, 2.05) is 24.3 Å². The molecule has 0 aliphatic heterocycles. The molecule has 21 heavy (non-hydrogen) atoms. The molecule has 2 rings (SSSR count). The Morgan fingerprint density at radius 1 is 1.14 bits per heavy atom. The van der Waals surface area contributed by atoms with Crippen LogP contribution in [0, 0.1) is 0 Å². The molecule has 0 heterocycles. The van der Waals surface area contributed by atoms with Crippen molar-refractivity contribution < 1.29 is 4.74 Å². The lowest BCUT2D eigenvalue weighted by atomic mass is 10.0. The lowest BCUT2D eigenvalue weighted by molar-refractivity contribution is 0.414. The molecular weight excluding hydrogens is 282 g/mol. The number of hydrogen-bond donors (Lipinski definition) is 1. The van der Waals surface area contributed by atoms with Crippen molar-refractivity contribution in [3.05, 3.63) is 64.7 Å². The van der Waals surface area contributed by atoms with Crippen molar-refractivity contribution in [1.82, 2.24) is 5.32 Å². The predicted molar refractivity (Wildman–Crippen MR) is 89.2 cm³/mol. The highest BCUT2D eigenvalue weighted by Gasteiger charge is 2.08. The van der Waals surface area contributed by atoms with Crippen molar-refractivity contribution in [2.45, 2.75) is 25.8 Å². The number of ether oxygens (including phenoxy) is 1. The molecule has 0 amide bonds. The van der Waals surface area contributed by atoms with Crippen LogP contribution in [-0.2, 0) is 6.42 Å². The van der Waals surface area contributed by atoms with Crippen molar-refractivity contribution in [2.24, 2.45) is 0 Å². The summed E-state index contributed by atoms with van der Waals surface area (Å²) in [6, 6.07) is 16.7. The van der Waals surface area contributed by atoms with Crippen LogP contribution < -0.4 is 10.1 Å². The molecule has 0 fully saturated rings. The van der Waals surface area contributed by atoms with Gasteiger partial charge in [0.1, 0.15) is 5.75 Å². The van der Waals surface area contributed by atoms with Crippen LogP contribution in [-0.4, -0.2) is 13.7 Å². The highest BCUT2D eigenvalue weighted by molar-refractivity contribution is 6.30. The van der Waals surface area contributed by atoms with Gasteiger partial charge in [-0.25, -0.2) is 0 Å². The Morgan fingerprint density at radius 3 is 2.57 bits per heavy atom. The lowest BCUT2D eigenvalue weighted by Gasteiger charge is -2.17. The van der Waals surface area contributed by atoms with E-state index in [4.69, 9.17) is 16.3 Å². The van der Waals surface area contributed by atoms with E-state index in [2.05, 4.69) is 36.5 Å². The maximum atomic E-state index is 5.94. The van der Waals surface area contributed by atoms with Gasteiger partial charge in [-0.05, 0) is 54.8 Å². The Bertz CT molecular complexity index is 553. The molecular formula is C18H22ClNO. The van der Waals surface area contributed by atoms with Crippen molar-refractivity contribution in [3.63, 3.8) is 0 Å². The fraction of sp³-hybridized carbons (Fsp3) is 0.333. The SMILES string of the molecule is CCC(NCCc1cccc(OC)c1)c1ccc(Cl)cc1. The van der Waals surface area contributed by atoms with E-state index in [-0.39, 0.29) is 0 Å². The zero-order valence-electron chi connectivity index (χ0n) is 12.6. The van der Waals surface area contributed by atoms with Gasteiger partial charge in [0.05, 0.1) is 7.11 Å². The van der Waals surface area contributed by atoms with Gasteiger partial charge in [0, 0.05) is 11.1 Å². The Balaban J connectivity index is 1.89. The van der Waals surface area contributed by atoms with Gasteiger partial charge in [-0.1, -0.05) is 42.8 Å². The van der Waals surface area contributed by atoms with E-state index < -0.39 is 0 Å². The maximum absolute atomic E-state index is 5.94. The first kappa shape index (κ1) is 15.9. The van der Waals surface area contributed by atoms with Crippen molar-refractivity contribution in [2.75, 3.05) is 13.7 Å². The normalized spacial score (nSPS) is 12.1. The standard InChI is InChI=1S/C18H22ClNO/c1-3-18(15-7-9-16(19)10-8-15)20-12-11-14-5-4-6-17(13-14)21-2/h4-10,13,18,20H,3,11-12H2,1-2H3. The number of methoxy groups -OCH3 is 1. The molecule has 0 saturated carbocycles. The number of rotatable bonds is 7. The Morgan fingerprint density at radius 2 is 1.90 bits per heavy atom. The molecule has 3 heteroatoms. The largest absolute Gasteiger partial charge is 0.497 e. The smallest absolute Gasteiger partial charge is 0.119 e. The summed E-state index contributed by atoms with van der Waals surface area (Å²) in [5.41, 5.74) is 2.57. The molecule has 0 aliphatic carbocycles. The molecule has 1 N–H and O–H groups in total. The van der Waals surface area contributed by atoms with E-state index in [1.165, 1.54) is 11.1 Å². The van der Waals surface area contributed by atoms with Gasteiger partial charge in [0.15, 0.2) is 0 Å². The van der Waals surface area contributed by atoms with Gasteiger partial charge < -0.3 is 10.1 Å². The highest BCUT2D eigenvalue weighted by atomic mass is 35.5. The summed E-state index contributed by atoms with van der Waals surface area (Å²) in [6.07, 6.45) is 2.04. The zero-order chi connectivity index (χ0) is 15.1. The summed E-state index contributed by atoms with van der Waals surface area (Å²) in [6.45, 7) is 3.13. The first-order chi connectivity index (χ1) is 10.2. The summed E-state index contributed by atoms with van der Waals surface area (Å²) in [5, 5.41) is 4.39. The molecule has 2 aromatic rings. The van der Waals surface area contributed by atoms with Crippen LogP contribution in [0.4, 0.5) is 0 Å². The van der Waals surface area contributed by atoms with Gasteiger partial charge in [0.25, 0.3) is 0 Å². The minimum absolute atomic E-state index is 0.368. The quantitative estimate of drug-likeness (QED) is 0.805. The molecule has 2 nitrogen and oxygen atoms in total. The first-order valence-electron chi connectivity index (χ1n) is 7.34. The minimum Gasteiger partial charge on any atom is -0.497 e. The molecule has 1 atom stereocenters. The summed E-state index contributed by atoms with van der Waals surface area (Å²) in [4.78, 5) is 0. The topological polar surface area (TPSA) is 21.3 Å². The average Bonchev–Trinajstić information content (AvgIpc) is 2.53. The lowest BCUT2D eigenvalue weighted by Crippen LogP contribution is -2.23. The summed E-state index contributed by atoms with van der Waals surface area (Å²) < 4.78 is 5.25. The summed E-state index contributed by atoms with van der Waals surface area (Å²) >= 11 is 5.94.